The zero-order valence-corrected chi connectivity index (χ0v) is 11.3. The summed E-state index contributed by atoms with van der Waals surface area (Å²) >= 11 is 0. The van der Waals surface area contributed by atoms with E-state index in [-0.39, 0.29) is 18.0 Å². The van der Waals surface area contributed by atoms with E-state index in [4.69, 9.17) is 10.5 Å². The first kappa shape index (κ1) is 14.8. The number of aryl methyl sites for hydroxylation is 1. The van der Waals surface area contributed by atoms with Crippen molar-refractivity contribution in [2.75, 3.05) is 17.7 Å². The van der Waals surface area contributed by atoms with Crippen LogP contribution < -0.4 is 15.8 Å². The number of nitrogens with one attached hydrogen (secondary N) is 1. The Morgan fingerprint density at radius 1 is 1.24 bits per heavy atom. The van der Waals surface area contributed by atoms with Crippen LogP contribution in [0.25, 0.3) is 0 Å². The van der Waals surface area contributed by atoms with E-state index < -0.39 is 17.5 Å². The van der Waals surface area contributed by atoms with Crippen LogP contribution in [0.5, 0.6) is 5.75 Å². The van der Waals surface area contributed by atoms with E-state index in [2.05, 4.69) is 5.32 Å². The standard InChI is InChI=1S/C15H14F2N2O2/c1-9-2-3-10(16)6-14(9)21-8-15(20)19-13-7-11(18)4-5-12(13)17/h2-7H,8,18H2,1H3,(H,19,20). The number of hydrogen-bond acceptors (Lipinski definition) is 3. The first-order chi connectivity index (χ1) is 9.95. The van der Waals surface area contributed by atoms with Gasteiger partial charge in [0.2, 0.25) is 0 Å². The Labute approximate surface area is 120 Å². The van der Waals surface area contributed by atoms with E-state index in [1.54, 1.807) is 13.0 Å². The second-order valence-corrected chi connectivity index (χ2v) is 4.49. The van der Waals surface area contributed by atoms with E-state index in [1.807, 2.05) is 0 Å². The van der Waals surface area contributed by atoms with Crippen molar-refractivity contribution in [1.29, 1.82) is 0 Å². The molecular formula is C15H14F2N2O2. The van der Waals surface area contributed by atoms with E-state index in [9.17, 15) is 13.6 Å². The van der Waals surface area contributed by atoms with Crippen molar-refractivity contribution in [3.05, 3.63) is 53.6 Å². The first-order valence-electron chi connectivity index (χ1n) is 6.19. The zero-order valence-electron chi connectivity index (χ0n) is 11.3. The van der Waals surface area contributed by atoms with Crippen molar-refractivity contribution < 1.29 is 18.3 Å². The molecule has 0 aliphatic heterocycles. The van der Waals surface area contributed by atoms with Crippen LogP contribution in [0.3, 0.4) is 0 Å². The van der Waals surface area contributed by atoms with Gasteiger partial charge in [0.05, 0.1) is 5.69 Å². The molecule has 3 N–H and O–H groups in total. The maximum Gasteiger partial charge on any atom is 0.262 e. The number of benzene rings is 2. The molecule has 0 aliphatic rings. The number of hydrogen-bond donors (Lipinski definition) is 2. The molecule has 1 amide bonds. The van der Waals surface area contributed by atoms with Crippen molar-refractivity contribution >= 4 is 17.3 Å². The summed E-state index contributed by atoms with van der Waals surface area (Å²) in [6.07, 6.45) is 0. The Balaban J connectivity index is 1.99. The molecule has 0 radical (unpaired) electrons. The summed E-state index contributed by atoms with van der Waals surface area (Å²) in [6.45, 7) is 1.36. The van der Waals surface area contributed by atoms with Crippen molar-refractivity contribution in [3.63, 3.8) is 0 Å². The summed E-state index contributed by atoms with van der Waals surface area (Å²) in [5.74, 6) is -1.36. The van der Waals surface area contributed by atoms with Gasteiger partial charge in [-0.3, -0.25) is 4.79 Å². The van der Waals surface area contributed by atoms with E-state index in [0.29, 0.717) is 11.3 Å². The summed E-state index contributed by atoms with van der Waals surface area (Å²) in [5, 5.41) is 2.34. The number of ether oxygens (including phenoxy) is 1. The Morgan fingerprint density at radius 2 is 2.00 bits per heavy atom. The van der Waals surface area contributed by atoms with Crippen LogP contribution in [0.4, 0.5) is 20.2 Å². The van der Waals surface area contributed by atoms with Crippen LogP contribution in [0.1, 0.15) is 5.56 Å². The third-order valence-corrected chi connectivity index (χ3v) is 2.77. The Bertz CT molecular complexity index is 675. The average molecular weight is 292 g/mol. The molecule has 2 aromatic carbocycles. The third kappa shape index (κ3) is 3.92. The van der Waals surface area contributed by atoms with Crippen molar-refractivity contribution in [2.24, 2.45) is 0 Å². The molecule has 0 bridgehead atoms. The van der Waals surface area contributed by atoms with Gasteiger partial charge in [0, 0.05) is 11.8 Å². The van der Waals surface area contributed by atoms with Gasteiger partial charge in [-0.15, -0.1) is 0 Å². The molecule has 0 fully saturated rings. The lowest BCUT2D eigenvalue weighted by Gasteiger charge is -2.10. The molecule has 2 rings (SSSR count). The van der Waals surface area contributed by atoms with Gasteiger partial charge in [-0.25, -0.2) is 8.78 Å². The molecule has 110 valence electrons. The van der Waals surface area contributed by atoms with Gasteiger partial charge in [-0.2, -0.15) is 0 Å². The Hall–Kier alpha value is -2.63. The zero-order chi connectivity index (χ0) is 15.4. The molecule has 0 aromatic heterocycles. The normalized spacial score (nSPS) is 10.2. The van der Waals surface area contributed by atoms with Gasteiger partial charge in [-0.1, -0.05) is 6.07 Å². The molecule has 0 atom stereocenters. The molecular weight excluding hydrogens is 278 g/mol. The Kier molecular flexibility index (Phi) is 4.37. The highest BCUT2D eigenvalue weighted by Crippen LogP contribution is 2.20. The highest BCUT2D eigenvalue weighted by molar-refractivity contribution is 5.92. The Morgan fingerprint density at radius 3 is 2.76 bits per heavy atom. The molecule has 0 unspecified atom stereocenters. The molecule has 4 nitrogen and oxygen atoms in total. The second kappa shape index (κ2) is 6.21. The predicted octanol–water partition coefficient (Wildman–Crippen LogP) is 2.87. The fourth-order valence-electron chi connectivity index (χ4n) is 1.70. The molecule has 0 saturated heterocycles. The summed E-state index contributed by atoms with van der Waals surface area (Å²) in [5.41, 5.74) is 6.51. The average Bonchev–Trinajstić information content (AvgIpc) is 2.44. The minimum atomic E-state index is -0.598. The lowest BCUT2D eigenvalue weighted by molar-refractivity contribution is -0.118. The number of anilines is 2. The summed E-state index contributed by atoms with van der Waals surface area (Å²) in [4.78, 5) is 11.7. The van der Waals surface area contributed by atoms with Crippen molar-refractivity contribution in [3.8, 4) is 5.75 Å². The highest BCUT2D eigenvalue weighted by Gasteiger charge is 2.09. The first-order valence-corrected chi connectivity index (χ1v) is 6.19. The monoisotopic (exact) mass is 292 g/mol. The number of carbonyl (C=O) groups excluding carboxylic acids is 1. The lowest BCUT2D eigenvalue weighted by atomic mass is 10.2. The van der Waals surface area contributed by atoms with Crippen molar-refractivity contribution in [1.82, 2.24) is 0 Å². The van der Waals surface area contributed by atoms with E-state index in [0.717, 1.165) is 6.07 Å². The van der Waals surface area contributed by atoms with Crippen LogP contribution >= 0.6 is 0 Å². The minimum Gasteiger partial charge on any atom is -0.483 e. The predicted molar refractivity (Wildman–Crippen MR) is 76.1 cm³/mol. The van der Waals surface area contributed by atoms with Gasteiger partial charge >= 0.3 is 0 Å². The maximum absolute atomic E-state index is 13.4. The number of rotatable bonds is 4. The van der Waals surface area contributed by atoms with Gasteiger partial charge in [0.1, 0.15) is 17.4 Å². The number of nitrogens with two attached hydrogens (primary N) is 1. The van der Waals surface area contributed by atoms with Crippen LogP contribution in [0.15, 0.2) is 36.4 Å². The number of nitrogen functional groups attached to an aromatic ring is 1. The molecule has 6 heteroatoms. The number of carbonyl (C=O) groups is 1. The van der Waals surface area contributed by atoms with Gasteiger partial charge in [0.25, 0.3) is 5.91 Å². The largest absolute Gasteiger partial charge is 0.483 e. The van der Waals surface area contributed by atoms with Crippen LogP contribution in [-0.4, -0.2) is 12.5 Å². The van der Waals surface area contributed by atoms with Crippen LogP contribution in [0.2, 0.25) is 0 Å². The highest BCUT2D eigenvalue weighted by atomic mass is 19.1. The maximum atomic E-state index is 13.4. The fourth-order valence-corrected chi connectivity index (χ4v) is 1.70. The third-order valence-electron chi connectivity index (χ3n) is 2.77. The van der Waals surface area contributed by atoms with E-state index >= 15 is 0 Å². The topological polar surface area (TPSA) is 64.3 Å². The molecule has 0 spiro atoms. The summed E-state index contributed by atoms with van der Waals surface area (Å²) < 4.78 is 31.7. The van der Waals surface area contributed by atoms with Gasteiger partial charge < -0.3 is 15.8 Å². The molecule has 0 saturated carbocycles. The van der Waals surface area contributed by atoms with Crippen LogP contribution in [-0.2, 0) is 4.79 Å². The summed E-state index contributed by atoms with van der Waals surface area (Å²) in [7, 11) is 0. The molecule has 21 heavy (non-hydrogen) atoms. The SMILES string of the molecule is Cc1ccc(F)cc1OCC(=O)Nc1cc(N)ccc1F. The van der Waals surface area contributed by atoms with Gasteiger partial charge in [-0.05, 0) is 36.8 Å². The van der Waals surface area contributed by atoms with Gasteiger partial charge in [0.15, 0.2) is 6.61 Å². The smallest absolute Gasteiger partial charge is 0.262 e. The number of amides is 1. The lowest BCUT2D eigenvalue weighted by Crippen LogP contribution is -2.21. The molecule has 0 aliphatic carbocycles. The van der Waals surface area contributed by atoms with Crippen LogP contribution in [0, 0.1) is 18.6 Å². The minimum absolute atomic E-state index is 0.0282. The quantitative estimate of drug-likeness (QED) is 0.852. The van der Waals surface area contributed by atoms with E-state index in [1.165, 1.54) is 24.3 Å². The summed E-state index contributed by atoms with van der Waals surface area (Å²) in [6, 6.07) is 7.87. The second-order valence-electron chi connectivity index (χ2n) is 4.49. The fraction of sp³-hybridized carbons (Fsp3) is 0.133. The van der Waals surface area contributed by atoms with Crippen molar-refractivity contribution in [2.45, 2.75) is 6.92 Å². The number of halogens is 2. The molecule has 0 heterocycles. The molecule has 2 aromatic rings.